The minimum Gasteiger partial charge on any atom is -0.392 e. The number of para-hydroxylation sites is 1. The molecule has 0 aromatic heterocycles. The molecule has 0 aliphatic carbocycles. The third kappa shape index (κ3) is 3.48. The third-order valence-corrected chi connectivity index (χ3v) is 3.24. The van der Waals surface area contributed by atoms with Crippen LogP contribution in [0.4, 0.5) is 18.9 Å². The van der Waals surface area contributed by atoms with Gasteiger partial charge in [-0.15, -0.1) is 0 Å². The van der Waals surface area contributed by atoms with Gasteiger partial charge in [0, 0.05) is 6.54 Å². The van der Waals surface area contributed by atoms with Gasteiger partial charge in [-0.3, -0.25) is 20.4 Å². The van der Waals surface area contributed by atoms with Crippen molar-refractivity contribution >= 4 is 17.5 Å². The van der Waals surface area contributed by atoms with E-state index in [0.29, 0.717) is 0 Å². The molecule has 1 fully saturated rings. The largest absolute Gasteiger partial charge is 0.418 e. The molecule has 2 atom stereocenters. The summed E-state index contributed by atoms with van der Waals surface area (Å²) in [5.41, 5.74) is 2.87. The minimum atomic E-state index is -4.59. The number of aliphatic hydroxyl groups excluding tert-OH is 1. The van der Waals surface area contributed by atoms with Gasteiger partial charge in [0.15, 0.2) is 0 Å². The molecule has 120 valence electrons. The zero-order chi connectivity index (χ0) is 16.3. The van der Waals surface area contributed by atoms with Crippen molar-refractivity contribution in [1.29, 1.82) is 0 Å². The molecular formula is C13H14F3N3O3. The number of hydrogen-bond donors (Lipinski definition) is 4. The van der Waals surface area contributed by atoms with Crippen LogP contribution in [0.2, 0.25) is 0 Å². The number of hydrogen-bond acceptors (Lipinski definition) is 4. The van der Waals surface area contributed by atoms with Crippen molar-refractivity contribution in [2.75, 3.05) is 12.0 Å². The van der Waals surface area contributed by atoms with Gasteiger partial charge in [-0.2, -0.15) is 13.2 Å². The second-order valence-electron chi connectivity index (χ2n) is 4.78. The van der Waals surface area contributed by atoms with Crippen LogP contribution in [-0.4, -0.2) is 29.6 Å². The van der Waals surface area contributed by atoms with E-state index in [4.69, 9.17) is 0 Å². The fourth-order valence-electron chi connectivity index (χ4n) is 2.13. The van der Waals surface area contributed by atoms with Crippen LogP contribution in [0.5, 0.6) is 0 Å². The highest BCUT2D eigenvalue weighted by atomic mass is 19.4. The summed E-state index contributed by atoms with van der Waals surface area (Å²) in [6.45, 7) is 0.244. The summed E-state index contributed by atoms with van der Waals surface area (Å²) in [5, 5.41) is 12.1. The lowest BCUT2D eigenvalue weighted by atomic mass is 9.94. The predicted molar refractivity (Wildman–Crippen MR) is 70.3 cm³/mol. The Kier molecular flexibility index (Phi) is 4.55. The van der Waals surface area contributed by atoms with Crippen molar-refractivity contribution in [2.24, 2.45) is 5.92 Å². The molecule has 1 aromatic rings. The first-order valence-electron chi connectivity index (χ1n) is 6.48. The van der Waals surface area contributed by atoms with Crippen molar-refractivity contribution < 1.29 is 27.9 Å². The first kappa shape index (κ1) is 16.1. The quantitative estimate of drug-likeness (QED) is 0.487. The van der Waals surface area contributed by atoms with Crippen LogP contribution in [0.1, 0.15) is 12.0 Å². The van der Waals surface area contributed by atoms with Gasteiger partial charge in [0.1, 0.15) is 5.92 Å². The second-order valence-corrected chi connectivity index (χ2v) is 4.78. The Labute approximate surface area is 123 Å². The number of piperidine rings is 1. The summed E-state index contributed by atoms with van der Waals surface area (Å²) in [6, 6.07) is 4.58. The van der Waals surface area contributed by atoms with Crippen molar-refractivity contribution in [3.63, 3.8) is 0 Å². The highest BCUT2D eigenvalue weighted by Crippen LogP contribution is 2.34. The SMILES string of the molecule is O=C1NCCC(O)C1C(=O)NNc1ccccc1C(F)(F)F. The number of amides is 2. The van der Waals surface area contributed by atoms with Crippen LogP contribution in [0.25, 0.3) is 0 Å². The van der Waals surface area contributed by atoms with Crippen molar-refractivity contribution in [1.82, 2.24) is 10.7 Å². The van der Waals surface area contributed by atoms with Crippen LogP contribution in [0.15, 0.2) is 24.3 Å². The average molecular weight is 317 g/mol. The van der Waals surface area contributed by atoms with Crippen LogP contribution in [-0.2, 0) is 15.8 Å². The standard InChI is InChI=1S/C13H14F3N3O3/c14-13(15,16)7-3-1-2-4-8(7)18-19-12(22)10-9(20)5-6-17-11(10)21/h1-4,9-10,18,20H,5-6H2,(H,17,21)(H,19,22). The molecule has 0 spiro atoms. The normalized spacial score (nSPS) is 21.9. The molecule has 0 radical (unpaired) electrons. The van der Waals surface area contributed by atoms with Gasteiger partial charge in [-0.1, -0.05) is 12.1 Å². The van der Waals surface area contributed by atoms with Gasteiger partial charge in [0.05, 0.1) is 17.4 Å². The smallest absolute Gasteiger partial charge is 0.392 e. The molecule has 1 aliphatic heterocycles. The zero-order valence-corrected chi connectivity index (χ0v) is 11.3. The molecule has 0 saturated carbocycles. The number of carbonyl (C=O) groups excluding carboxylic acids is 2. The molecule has 2 unspecified atom stereocenters. The molecule has 4 N–H and O–H groups in total. The van der Waals surface area contributed by atoms with Gasteiger partial charge in [-0.25, -0.2) is 0 Å². The number of alkyl halides is 3. The molecule has 1 aliphatic rings. The molecule has 1 saturated heterocycles. The first-order chi connectivity index (χ1) is 10.3. The number of halogens is 3. The fraction of sp³-hybridized carbons (Fsp3) is 0.385. The molecular weight excluding hydrogens is 303 g/mol. The molecule has 1 heterocycles. The molecule has 2 rings (SSSR count). The highest BCUT2D eigenvalue weighted by molar-refractivity contribution is 6.01. The minimum absolute atomic E-state index is 0.197. The summed E-state index contributed by atoms with van der Waals surface area (Å²) < 4.78 is 38.4. The maximum atomic E-state index is 12.8. The van der Waals surface area contributed by atoms with E-state index in [1.54, 1.807) is 0 Å². The maximum absolute atomic E-state index is 12.8. The number of carbonyl (C=O) groups is 2. The fourth-order valence-corrected chi connectivity index (χ4v) is 2.13. The van der Waals surface area contributed by atoms with Crippen molar-refractivity contribution in [3.8, 4) is 0 Å². The van der Waals surface area contributed by atoms with Gasteiger partial charge < -0.3 is 10.4 Å². The summed E-state index contributed by atoms with van der Waals surface area (Å²) >= 11 is 0. The van der Waals surface area contributed by atoms with Crippen molar-refractivity contribution in [2.45, 2.75) is 18.7 Å². The molecule has 2 amide bonds. The summed E-state index contributed by atoms with van der Waals surface area (Å²) in [5.74, 6) is -2.93. The van der Waals surface area contributed by atoms with Crippen LogP contribution < -0.4 is 16.2 Å². The monoisotopic (exact) mass is 317 g/mol. The van der Waals surface area contributed by atoms with E-state index < -0.39 is 35.6 Å². The Balaban J connectivity index is 2.07. The second kappa shape index (κ2) is 6.22. The van der Waals surface area contributed by atoms with Gasteiger partial charge in [-0.05, 0) is 18.6 Å². The summed E-state index contributed by atoms with van der Waals surface area (Å²) in [7, 11) is 0. The van der Waals surface area contributed by atoms with E-state index in [0.717, 1.165) is 12.1 Å². The molecule has 0 bridgehead atoms. The number of rotatable bonds is 3. The lowest BCUT2D eigenvalue weighted by Gasteiger charge is -2.26. The van der Waals surface area contributed by atoms with Crippen LogP contribution in [0, 0.1) is 5.92 Å². The Bertz CT molecular complexity index is 577. The Morgan fingerprint density at radius 2 is 2.00 bits per heavy atom. The molecule has 1 aromatic carbocycles. The number of anilines is 1. The van der Waals surface area contributed by atoms with Crippen LogP contribution >= 0.6 is 0 Å². The molecule has 22 heavy (non-hydrogen) atoms. The molecule has 9 heteroatoms. The van der Waals surface area contributed by atoms with E-state index in [1.165, 1.54) is 12.1 Å². The van der Waals surface area contributed by atoms with Crippen LogP contribution in [0.3, 0.4) is 0 Å². The van der Waals surface area contributed by atoms with Gasteiger partial charge in [0.2, 0.25) is 5.91 Å². The summed E-state index contributed by atoms with van der Waals surface area (Å²) in [6.07, 6.45) is -5.56. The molecule has 6 nitrogen and oxygen atoms in total. The van der Waals surface area contributed by atoms with E-state index >= 15 is 0 Å². The predicted octanol–water partition coefficient (Wildman–Crippen LogP) is 0.646. The topological polar surface area (TPSA) is 90.5 Å². The maximum Gasteiger partial charge on any atom is 0.418 e. The Morgan fingerprint density at radius 3 is 2.64 bits per heavy atom. The third-order valence-electron chi connectivity index (χ3n) is 3.24. The number of aliphatic hydroxyl groups is 1. The number of hydrazine groups is 1. The van der Waals surface area contributed by atoms with E-state index in [9.17, 15) is 27.9 Å². The van der Waals surface area contributed by atoms with E-state index in [2.05, 4.69) is 10.7 Å². The van der Waals surface area contributed by atoms with E-state index in [-0.39, 0.29) is 18.7 Å². The Hall–Kier alpha value is -2.29. The van der Waals surface area contributed by atoms with Gasteiger partial charge in [0.25, 0.3) is 5.91 Å². The lowest BCUT2D eigenvalue weighted by molar-refractivity contribution is -0.142. The van der Waals surface area contributed by atoms with Gasteiger partial charge >= 0.3 is 6.18 Å². The highest BCUT2D eigenvalue weighted by Gasteiger charge is 2.37. The number of benzene rings is 1. The van der Waals surface area contributed by atoms with E-state index in [1.807, 2.05) is 5.43 Å². The average Bonchev–Trinajstić information content (AvgIpc) is 2.44. The van der Waals surface area contributed by atoms with Crippen molar-refractivity contribution in [3.05, 3.63) is 29.8 Å². The number of nitrogens with one attached hydrogen (secondary N) is 3. The Morgan fingerprint density at radius 1 is 1.32 bits per heavy atom. The summed E-state index contributed by atoms with van der Waals surface area (Å²) in [4.78, 5) is 23.4. The first-order valence-corrected chi connectivity index (χ1v) is 6.48. The zero-order valence-electron chi connectivity index (χ0n) is 11.3. The lowest BCUT2D eigenvalue weighted by Crippen LogP contribution is -2.53.